The lowest BCUT2D eigenvalue weighted by Gasteiger charge is -2.25. The average molecular weight is 422 g/mol. The van der Waals surface area contributed by atoms with Crippen LogP contribution in [0.1, 0.15) is 28.2 Å². The molecule has 0 saturated carbocycles. The van der Waals surface area contributed by atoms with Crippen molar-refractivity contribution in [1.82, 2.24) is 9.13 Å². The van der Waals surface area contributed by atoms with Crippen LogP contribution in [0.5, 0.6) is 0 Å². The molecule has 4 aromatic rings. The van der Waals surface area contributed by atoms with E-state index in [1.54, 1.807) is 7.05 Å². The van der Waals surface area contributed by atoms with Crippen LogP contribution in [0.15, 0.2) is 81.9 Å². The SMILES string of the molecule is Cn1c2c(c(=O)n(C)c1=O)C(c1cccc3ccccc13)C1=C(O)c3ccccc3C1=[NH+]2. The van der Waals surface area contributed by atoms with Crippen molar-refractivity contribution in [2.75, 3.05) is 0 Å². The Morgan fingerprint density at radius 1 is 0.844 bits per heavy atom. The van der Waals surface area contributed by atoms with E-state index in [0.717, 1.165) is 32.2 Å². The first-order valence-corrected chi connectivity index (χ1v) is 10.4. The van der Waals surface area contributed by atoms with Gasteiger partial charge in [0.1, 0.15) is 17.0 Å². The van der Waals surface area contributed by atoms with Crippen molar-refractivity contribution in [1.29, 1.82) is 0 Å². The van der Waals surface area contributed by atoms with E-state index < -0.39 is 11.6 Å². The molecule has 2 aliphatic rings. The summed E-state index contributed by atoms with van der Waals surface area (Å²) in [6.45, 7) is 0. The number of aromatic nitrogens is 2. The molecular formula is C26H20N3O3+. The van der Waals surface area contributed by atoms with Gasteiger partial charge in [-0.1, -0.05) is 60.7 Å². The predicted molar refractivity (Wildman–Crippen MR) is 123 cm³/mol. The number of hydrogen-bond acceptors (Lipinski definition) is 3. The molecule has 3 aromatic carbocycles. The van der Waals surface area contributed by atoms with Crippen LogP contribution in [0.2, 0.25) is 0 Å². The zero-order chi connectivity index (χ0) is 22.1. The first kappa shape index (κ1) is 18.6. The molecule has 6 nitrogen and oxygen atoms in total. The lowest BCUT2D eigenvalue weighted by Crippen LogP contribution is -2.73. The maximum absolute atomic E-state index is 13.5. The fraction of sp³-hybridized carbons (Fsp3) is 0.115. The van der Waals surface area contributed by atoms with Crippen molar-refractivity contribution in [3.63, 3.8) is 0 Å². The number of hydrogen-bond donors (Lipinski definition) is 2. The lowest BCUT2D eigenvalue weighted by molar-refractivity contribution is -0.364. The molecule has 1 aromatic heterocycles. The number of rotatable bonds is 1. The largest absolute Gasteiger partial charge is 0.507 e. The predicted octanol–water partition coefficient (Wildman–Crippen LogP) is 1.87. The number of aliphatic hydroxyl groups is 1. The molecule has 6 heteroatoms. The average Bonchev–Trinajstić information content (AvgIpc) is 3.12. The summed E-state index contributed by atoms with van der Waals surface area (Å²) in [7, 11) is 3.14. The summed E-state index contributed by atoms with van der Waals surface area (Å²) in [6.07, 6.45) is 0. The Labute approximate surface area is 183 Å². The van der Waals surface area contributed by atoms with Crippen LogP contribution in [0.25, 0.3) is 16.5 Å². The zero-order valence-corrected chi connectivity index (χ0v) is 17.6. The molecule has 2 heterocycles. The Bertz CT molecular complexity index is 1650. The maximum Gasteiger partial charge on any atom is 0.417 e. The fourth-order valence-electron chi connectivity index (χ4n) is 5.09. The third-order valence-electron chi connectivity index (χ3n) is 6.63. The number of nitrogens with one attached hydrogen (secondary N) is 1. The van der Waals surface area contributed by atoms with Gasteiger partial charge < -0.3 is 5.11 Å². The highest BCUT2D eigenvalue weighted by molar-refractivity contribution is 6.21. The summed E-state index contributed by atoms with van der Waals surface area (Å²) in [5.74, 6) is 0.0760. The van der Waals surface area contributed by atoms with Crippen molar-refractivity contribution in [2.45, 2.75) is 5.92 Å². The fourth-order valence-corrected chi connectivity index (χ4v) is 5.09. The highest BCUT2D eigenvalue weighted by atomic mass is 16.3. The number of benzene rings is 3. The summed E-state index contributed by atoms with van der Waals surface area (Å²) in [6, 6.07) is 21.6. The first-order chi connectivity index (χ1) is 15.5. The molecular weight excluding hydrogens is 402 g/mol. The van der Waals surface area contributed by atoms with E-state index in [1.807, 2.05) is 66.7 Å². The Balaban J connectivity index is 1.81. The van der Waals surface area contributed by atoms with E-state index in [4.69, 9.17) is 0 Å². The van der Waals surface area contributed by atoms with Gasteiger partial charge in [-0.3, -0.25) is 4.79 Å². The summed E-state index contributed by atoms with van der Waals surface area (Å²) in [5, 5.41) is 13.4. The minimum Gasteiger partial charge on any atom is -0.507 e. The molecule has 0 radical (unpaired) electrons. The standard InChI is InChI=1S/C26H19N3O3/c1-28-24-21(25(31)29(2)26(28)32)19(16-13-7-9-14-8-3-4-10-15(14)16)20-22(27-24)17-11-5-6-12-18(17)23(20)30/h3-13,19,30H,1-2H3/p+1. The quantitative estimate of drug-likeness (QED) is 0.492. The van der Waals surface area contributed by atoms with Gasteiger partial charge in [0.15, 0.2) is 0 Å². The van der Waals surface area contributed by atoms with Crippen molar-refractivity contribution in [3.05, 3.63) is 115 Å². The Morgan fingerprint density at radius 2 is 1.53 bits per heavy atom. The van der Waals surface area contributed by atoms with Gasteiger partial charge >= 0.3 is 5.69 Å². The van der Waals surface area contributed by atoms with Crippen molar-refractivity contribution >= 4 is 28.1 Å². The Morgan fingerprint density at radius 3 is 2.34 bits per heavy atom. The molecule has 156 valence electrons. The summed E-state index contributed by atoms with van der Waals surface area (Å²) in [5.41, 5.74) is 3.54. The van der Waals surface area contributed by atoms with Crippen molar-refractivity contribution in [3.8, 4) is 0 Å². The zero-order valence-electron chi connectivity index (χ0n) is 17.6. The third-order valence-corrected chi connectivity index (χ3v) is 6.63. The van der Waals surface area contributed by atoms with Gasteiger partial charge in [-0.05, 0) is 22.4 Å². The van der Waals surface area contributed by atoms with E-state index in [-0.39, 0.29) is 11.3 Å². The van der Waals surface area contributed by atoms with Crippen LogP contribution in [-0.2, 0) is 14.1 Å². The Hall–Kier alpha value is -4.19. The molecule has 1 atom stereocenters. The van der Waals surface area contributed by atoms with Crippen LogP contribution in [-0.4, -0.2) is 20.0 Å². The molecule has 1 aliphatic carbocycles. The number of allylic oxidation sites excluding steroid dienone is 1. The monoisotopic (exact) mass is 422 g/mol. The van der Waals surface area contributed by atoms with Gasteiger partial charge in [0.2, 0.25) is 0 Å². The molecule has 0 bridgehead atoms. The molecule has 1 unspecified atom stereocenters. The maximum atomic E-state index is 13.5. The van der Waals surface area contributed by atoms with Crippen LogP contribution in [0.4, 0.5) is 5.82 Å². The molecule has 32 heavy (non-hydrogen) atoms. The number of aliphatic hydroxyl groups excluding tert-OH is 1. The minimum absolute atomic E-state index is 0.155. The second kappa shape index (κ2) is 6.40. The van der Waals surface area contributed by atoms with E-state index in [9.17, 15) is 14.7 Å². The third kappa shape index (κ3) is 2.26. The molecule has 0 saturated heterocycles. The van der Waals surface area contributed by atoms with Gasteiger partial charge in [0, 0.05) is 18.2 Å². The van der Waals surface area contributed by atoms with Gasteiger partial charge in [0.25, 0.3) is 11.4 Å². The van der Waals surface area contributed by atoms with E-state index >= 15 is 0 Å². The van der Waals surface area contributed by atoms with Crippen LogP contribution >= 0.6 is 0 Å². The normalized spacial score (nSPS) is 16.6. The first-order valence-electron chi connectivity index (χ1n) is 10.4. The molecule has 0 amide bonds. The molecule has 0 spiro atoms. The minimum atomic E-state index is -0.537. The van der Waals surface area contributed by atoms with Gasteiger partial charge in [-0.25, -0.2) is 14.4 Å². The van der Waals surface area contributed by atoms with Gasteiger partial charge in [-0.2, -0.15) is 4.57 Å². The highest BCUT2D eigenvalue weighted by Gasteiger charge is 2.44. The Kier molecular flexibility index (Phi) is 3.72. The van der Waals surface area contributed by atoms with Crippen molar-refractivity contribution in [2.24, 2.45) is 14.1 Å². The van der Waals surface area contributed by atoms with Crippen molar-refractivity contribution < 1.29 is 10.1 Å². The molecule has 6 rings (SSSR count). The van der Waals surface area contributed by atoms with Crippen LogP contribution in [0.3, 0.4) is 0 Å². The van der Waals surface area contributed by atoms with Crippen LogP contribution < -0.4 is 16.2 Å². The van der Waals surface area contributed by atoms with Gasteiger partial charge in [-0.15, -0.1) is 0 Å². The second-order valence-electron chi connectivity index (χ2n) is 8.28. The topological polar surface area (TPSA) is 78.2 Å². The summed E-state index contributed by atoms with van der Waals surface area (Å²) in [4.78, 5) is 29.5. The smallest absolute Gasteiger partial charge is 0.417 e. The molecule has 2 N–H and O–H groups in total. The van der Waals surface area contributed by atoms with Crippen LogP contribution in [0, 0.1) is 0 Å². The van der Waals surface area contributed by atoms with E-state index in [1.165, 1.54) is 11.6 Å². The number of nitrogens with zero attached hydrogens (tertiary/aromatic N) is 2. The summed E-state index contributed by atoms with van der Waals surface area (Å²) < 4.78 is 2.60. The number of fused-ring (bicyclic) bond motifs is 5. The lowest BCUT2D eigenvalue weighted by atomic mass is 9.79. The molecule has 0 fully saturated rings. The van der Waals surface area contributed by atoms with Gasteiger partial charge in [0.05, 0.1) is 18.5 Å². The molecule has 1 aliphatic heterocycles. The second-order valence-corrected chi connectivity index (χ2v) is 8.28. The highest BCUT2D eigenvalue weighted by Crippen LogP contribution is 2.45. The van der Waals surface area contributed by atoms with E-state index in [0.29, 0.717) is 22.5 Å². The van der Waals surface area contributed by atoms with E-state index in [2.05, 4.69) is 4.99 Å². The summed E-state index contributed by atoms with van der Waals surface area (Å²) >= 11 is 0.